The average Bonchev–Trinajstić information content (AvgIpc) is 3.14. The highest BCUT2D eigenvalue weighted by Gasteiger charge is 2.16. The van der Waals surface area contributed by atoms with Crippen molar-refractivity contribution >= 4 is 11.6 Å². The third kappa shape index (κ3) is 3.82. The quantitative estimate of drug-likeness (QED) is 0.774. The van der Waals surface area contributed by atoms with Gasteiger partial charge in [-0.3, -0.25) is 4.79 Å². The Balaban J connectivity index is 1.69. The lowest BCUT2D eigenvalue weighted by Crippen LogP contribution is -2.30. The Morgan fingerprint density at radius 3 is 2.76 bits per heavy atom. The SMILES string of the molecule is Cc1cccc(OC(C)C(=O)Nc2cccc(-n3cnnn3)c2)c1C. The van der Waals surface area contributed by atoms with Crippen molar-refractivity contribution in [2.75, 3.05) is 5.32 Å². The van der Waals surface area contributed by atoms with Crippen LogP contribution in [-0.4, -0.2) is 32.2 Å². The van der Waals surface area contributed by atoms with Gasteiger partial charge in [-0.15, -0.1) is 5.10 Å². The molecule has 0 saturated carbocycles. The topological polar surface area (TPSA) is 81.9 Å². The number of hydrogen-bond donors (Lipinski definition) is 1. The van der Waals surface area contributed by atoms with E-state index in [4.69, 9.17) is 4.74 Å². The van der Waals surface area contributed by atoms with E-state index in [-0.39, 0.29) is 5.91 Å². The van der Waals surface area contributed by atoms with E-state index in [0.29, 0.717) is 11.4 Å². The Bertz CT molecular complexity index is 877. The first-order valence-electron chi connectivity index (χ1n) is 7.92. The molecule has 0 bridgehead atoms. The van der Waals surface area contributed by atoms with E-state index in [9.17, 15) is 4.79 Å². The maximum absolute atomic E-state index is 12.4. The summed E-state index contributed by atoms with van der Waals surface area (Å²) in [5, 5.41) is 13.9. The van der Waals surface area contributed by atoms with Crippen molar-refractivity contribution in [2.24, 2.45) is 0 Å². The van der Waals surface area contributed by atoms with Gasteiger partial charge in [0.15, 0.2) is 6.10 Å². The van der Waals surface area contributed by atoms with Crippen molar-refractivity contribution in [3.05, 3.63) is 59.9 Å². The molecule has 0 saturated heterocycles. The van der Waals surface area contributed by atoms with Gasteiger partial charge >= 0.3 is 0 Å². The molecule has 0 spiro atoms. The van der Waals surface area contributed by atoms with Crippen molar-refractivity contribution in [2.45, 2.75) is 26.9 Å². The minimum Gasteiger partial charge on any atom is -0.481 e. The molecule has 128 valence electrons. The van der Waals surface area contributed by atoms with Gasteiger partial charge in [-0.2, -0.15) is 0 Å². The summed E-state index contributed by atoms with van der Waals surface area (Å²) in [5.74, 6) is 0.486. The molecule has 7 nitrogen and oxygen atoms in total. The number of carbonyl (C=O) groups is 1. The predicted molar refractivity (Wildman–Crippen MR) is 93.8 cm³/mol. The number of amides is 1. The van der Waals surface area contributed by atoms with Crippen LogP contribution in [0.2, 0.25) is 0 Å². The molecule has 1 amide bonds. The fourth-order valence-electron chi connectivity index (χ4n) is 2.35. The highest BCUT2D eigenvalue weighted by Crippen LogP contribution is 2.22. The number of anilines is 1. The van der Waals surface area contributed by atoms with Crippen LogP contribution in [0.4, 0.5) is 5.69 Å². The highest BCUT2D eigenvalue weighted by atomic mass is 16.5. The molecule has 0 aliphatic heterocycles. The molecule has 0 aliphatic carbocycles. The summed E-state index contributed by atoms with van der Waals surface area (Å²) in [7, 11) is 0. The molecule has 25 heavy (non-hydrogen) atoms. The first-order chi connectivity index (χ1) is 12.0. The lowest BCUT2D eigenvalue weighted by molar-refractivity contribution is -0.122. The third-order valence-electron chi connectivity index (χ3n) is 3.96. The summed E-state index contributed by atoms with van der Waals surface area (Å²) in [6.45, 7) is 5.71. The summed E-state index contributed by atoms with van der Waals surface area (Å²) < 4.78 is 7.33. The van der Waals surface area contributed by atoms with Gasteiger partial charge in [-0.1, -0.05) is 18.2 Å². The summed E-state index contributed by atoms with van der Waals surface area (Å²) in [4.78, 5) is 12.4. The number of rotatable bonds is 5. The normalized spacial score (nSPS) is 11.8. The van der Waals surface area contributed by atoms with E-state index in [1.54, 1.807) is 19.1 Å². The summed E-state index contributed by atoms with van der Waals surface area (Å²) in [6.07, 6.45) is 0.866. The fourth-order valence-corrected chi connectivity index (χ4v) is 2.35. The second-order valence-electron chi connectivity index (χ2n) is 5.75. The van der Waals surface area contributed by atoms with Crippen LogP contribution in [0.1, 0.15) is 18.1 Å². The molecular formula is C18H19N5O2. The number of carbonyl (C=O) groups excluding carboxylic acids is 1. The molecule has 1 N–H and O–H groups in total. The van der Waals surface area contributed by atoms with Gasteiger partial charge in [0.1, 0.15) is 12.1 Å². The van der Waals surface area contributed by atoms with E-state index in [2.05, 4.69) is 20.8 Å². The zero-order chi connectivity index (χ0) is 17.8. The Morgan fingerprint density at radius 1 is 1.20 bits per heavy atom. The van der Waals surface area contributed by atoms with Crippen molar-refractivity contribution in [1.29, 1.82) is 0 Å². The zero-order valence-corrected chi connectivity index (χ0v) is 14.3. The molecule has 0 radical (unpaired) electrons. The monoisotopic (exact) mass is 337 g/mol. The van der Waals surface area contributed by atoms with Gasteiger partial charge in [0.25, 0.3) is 5.91 Å². The van der Waals surface area contributed by atoms with Crippen LogP contribution in [0.5, 0.6) is 5.75 Å². The molecule has 7 heteroatoms. The summed E-state index contributed by atoms with van der Waals surface area (Å²) >= 11 is 0. The van der Waals surface area contributed by atoms with Crippen LogP contribution in [-0.2, 0) is 4.79 Å². The first-order valence-corrected chi connectivity index (χ1v) is 7.92. The van der Waals surface area contributed by atoms with Gasteiger partial charge in [0.05, 0.1) is 5.69 Å². The zero-order valence-electron chi connectivity index (χ0n) is 14.3. The summed E-state index contributed by atoms with van der Waals surface area (Å²) in [6, 6.07) is 13.1. The van der Waals surface area contributed by atoms with Crippen LogP contribution >= 0.6 is 0 Å². The molecule has 0 fully saturated rings. The van der Waals surface area contributed by atoms with Crippen molar-refractivity contribution < 1.29 is 9.53 Å². The molecule has 1 atom stereocenters. The predicted octanol–water partition coefficient (Wildman–Crippen LogP) is 2.69. The number of nitrogens with zero attached hydrogens (tertiary/aromatic N) is 4. The number of aryl methyl sites for hydroxylation is 1. The second kappa shape index (κ2) is 7.12. The van der Waals surface area contributed by atoms with Crippen LogP contribution < -0.4 is 10.1 Å². The molecule has 0 aliphatic rings. The van der Waals surface area contributed by atoms with Crippen molar-refractivity contribution in [3.63, 3.8) is 0 Å². The van der Waals surface area contributed by atoms with E-state index in [1.807, 2.05) is 44.2 Å². The minimum absolute atomic E-state index is 0.227. The van der Waals surface area contributed by atoms with Crippen LogP contribution in [0.3, 0.4) is 0 Å². The summed E-state index contributed by atoms with van der Waals surface area (Å²) in [5.41, 5.74) is 3.56. The molecule has 1 unspecified atom stereocenters. The number of hydrogen-bond acceptors (Lipinski definition) is 5. The van der Waals surface area contributed by atoms with E-state index < -0.39 is 6.10 Å². The van der Waals surface area contributed by atoms with Crippen molar-refractivity contribution in [3.8, 4) is 11.4 Å². The number of ether oxygens (including phenoxy) is 1. The van der Waals surface area contributed by atoms with Crippen molar-refractivity contribution in [1.82, 2.24) is 20.2 Å². The van der Waals surface area contributed by atoms with Crippen LogP contribution in [0, 0.1) is 13.8 Å². The number of benzene rings is 2. The van der Waals surface area contributed by atoms with Gasteiger partial charge < -0.3 is 10.1 Å². The van der Waals surface area contributed by atoms with Gasteiger partial charge in [-0.05, 0) is 66.6 Å². The number of nitrogens with one attached hydrogen (secondary N) is 1. The van der Waals surface area contributed by atoms with Gasteiger partial charge in [-0.25, -0.2) is 4.68 Å². The fraction of sp³-hybridized carbons (Fsp3) is 0.222. The lowest BCUT2D eigenvalue weighted by atomic mass is 10.1. The smallest absolute Gasteiger partial charge is 0.265 e. The van der Waals surface area contributed by atoms with Crippen LogP contribution in [0.15, 0.2) is 48.8 Å². The minimum atomic E-state index is -0.628. The standard InChI is InChI=1S/C18H19N5O2/c1-12-6-4-9-17(13(12)2)25-14(3)18(24)20-15-7-5-8-16(10-15)23-11-19-21-22-23/h4-11,14H,1-3H3,(H,20,24). The molecule has 3 aromatic rings. The Hall–Kier alpha value is -3.22. The largest absolute Gasteiger partial charge is 0.481 e. The first kappa shape index (κ1) is 16.6. The molecule has 1 heterocycles. The Labute approximate surface area is 145 Å². The molecule has 1 aromatic heterocycles. The van der Waals surface area contributed by atoms with Gasteiger partial charge in [0.2, 0.25) is 0 Å². The highest BCUT2D eigenvalue weighted by molar-refractivity contribution is 5.94. The van der Waals surface area contributed by atoms with E-state index >= 15 is 0 Å². The maximum Gasteiger partial charge on any atom is 0.265 e. The molecular weight excluding hydrogens is 318 g/mol. The van der Waals surface area contributed by atoms with Gasteiger partial charge in [0, 0.05) is 5.69 Å². The second-order valence-corrected chi connectivity index (χ2v) is 5.75. The lowest BCUT2D eigenvalue weighted by Gasteiger charge is -2.17. The maximum atomic E-state index is 12.4. The number of aromatic nitrogens is 4. The molecule has 3 rings (SSSR count). The Morgan fingerprint density at radius 2 is 2.00 bits per heavy atom. The van der Waals surface area contributed by atoms with E-state index in [1.165, 1.54) is 11.0 Å². The third-order valence-corrected chi connectivity index (χ3v) is 3.96. The van der Waals surface area contributed by atoms with Crippen LogP contribution in [0.25, 0.3) is 5.69 Å². The average molecular weight is 337 g/mol. The number of tetrazole rings is 1. The Kier molecular flexibility index (Phi) is 4.74. The molecule has 2 aromatic carbocycles. The van der Waals surface area contributed by atoms with E-state index in [0.717, 1.165) is 16.8 Å².